The third kappa shape index (κ3) is 1.80. The predicted octanol–water partition coefficient (Wildman–Crippen LogP) is 2.29. The normalized spacial score (nSPS) is 22.7. The molecule has 1 aromatic heterocycles. The van der Waals surface area contributed by atoms with Gasteiger partial charge in [0, 0.05) is 12.7 Å². The van der Waals surface area contributed by atoms with Gasteiger partial charge in [-0.25, -0.2) is 9.97 Å². The van der Waals surface area contributed by atoms with Gasteiger partial charge in [0.1, 0.15) is 11.6 Å². The number of aryl methyl sites for hydroxylation is 1. The van der Waals surface area contributed by atoms with Crippen LogP contribution in [-0.2, 0) is 4.79 Å². The standard InChI is InChI=1S/C14H18N3O/c1-11-15-9-5-12(16-11)17-10-8-14(13(17)18)6-3-2-4-7-14/h3,5,9H,2,4,6-8,10H2,1H3. The molecule has 0 aromatic carbocycles. The van der Waals surface area contributed by atoms with Gasteiger partial charge in [-0.15, -0.1) is 0 Å². The highest BCUT2D eigenvalue weighted by atomic mass is 16.2. The molecule has 2 heterocycles. The first-order valence-corrected chi connectivity index (χ1v) is 6.65. The molecular weight excluding hydrogens is 226 g/mol. The largest absolute Gasteiger partial charge is 0.296 e. The maximum absolute atomic E-state index is 12.6. The molecule has 2 aliphatic rings. The Morgan fingerprint density at radius 3 is 3.00 bits per heavy atom. The van der Waals surface area contributed by atoms with Gasteiger partial charge < -0.3 is 0 Å². The first kappa shape index (κ1) is 11.6. The Morgan fingerprint density at radius 2 is 2.28 bits per heavy atom. The molecule has 1 spiro atoms. The van der Waals surface area contributed by atoms with Gasteiger partial charge in [-0.3, -0.25) is 9.69 Å². The van der Waals surface area contributed by atoms with Crippen LogP contribution in [0.5, 0.6) is 0 Å². The van der Waals surface area contributed by atoms with Crippen LogP contribution < -0.4 is 4.90 Å². The third-order valence-corrected chi connectivity index (χ3v) is 4.15. The molecule has 1 aromatic rings. The predicted molar refractivity (Wildman–Crippen MR) is 68.9 cm³/mol. The lowest BCUT2D eigenvalue weighted by atomic mass is 9.73. The van der Waals surface area contributed by atoms with Gasteiger partial charge in [0.2, 0.25) is 5.91 Å². The molecule has 18 heavy (non-hydrogen) atoms. The number of aromatic nitrogens is 2. The van der Waals surface area contributed by atoms with Crippen molar-refractivity contribution in [2.75, 3.05) is 11.4 Å². The number of nitrogens with zero attached hydrogens (tertiary/aromatic N) is 3. The topological polar surface area (TPSA) is 46.1 Å². The van der Waals surface area contributed by atoms with Crippen LogP contribution in [0.15, 0.2) is 12.3 Å². The SMILES string of the molecule is Cc1nccc(N2CCC3(C[CH]CCC3)C2=O)n1. The molecule has 1 saturated heterocycles. The van der Waals surface area contributed by atoms with E-state index in [2.05, 4.69) is 16.4 Å². The van der Waals surface area contributed by atoms with E-state index >= 15 is 0 Å². The number of hydrogen-bond acceptors (Lipinski definition) is 3. The summed E-state index contributed by atoms with van der Waals surface area (Å²) in [5.41, 5.74) is -0.128. The van der Waals surface area contributed by atoms with E-state index in [-0.39, 0.29) is 11.3 Å². The van der Waals surface area contributed by atoms with Crippen LogP contribution in [0, 0.1) is 18.8 Å². The van der Waals surface area contributed by atoms with Gasteiger partial charge in [-0.05, 0) is 38.7 Å². The summed E-state index contributed by atoms with van der Waals surface area (Å²) in [7, 11) is 0. The second kappa shape index (κ2) is 4.34. The van der Waals surface area contributed by atoms with E-state index in [9.17, 15) is 4.79 Å². The van der Waals surface area contributed by atoms with Crippen molar-refractivity contribution < 1.29 is 4.79 Å². The Kier molecular flexibility index (Phi) is 2.80. The second-order valence-electron chi connectivity index (χ2n) is 5.33. The summed E-state index contributed by atoms with van der Waals surface area (Å²) < 4.78 is 0. The van der Waals surface area contributed by atoms with Crippen LogP contribution in [0.3, 0.4) is 0 Å². The number of hydrogen-bond donors (Lipinski definition) is 0. The summed E-state index contributed by atoms with van der Waals surface area (Å²) in [6.07, 6.45) is 9.23. The Hall–Kier alpha value is -1.45. The van der Waals surface area contributed by atoms with Crippen molar-refractivity contribution >= 4 is 11.7 Å². The molecule has 1 unspecified atom stereocenters. The fourth-order valence-electron chi connectivity index (χ4n) is 3.12. The smallest absolute Gasteiger partial charge is 0.234 e. The number of carbonyl (C=O) groups is 1. The van der Waals surface area contributed by atoms with Crippen molar-refractivity contribution in [3.63, 3.8) is 0 Å². The monoisotopic (exact) mass is 244 g/mol. The zero-order valence-corrected chi connectivity index (χ0v) is 10.7. The molecule has 3 rings (SSSR count). The van der Waals surface area contributed by atoms with Crippen LogP contribution in [0.25, 0.3) is 0 Å². The van der Waals surface area contributed by atoms with Crippen LogP contribution in [0.1, 0.15) is 37.9 Å². The van der Waals surface area contributed by atoms with Crippen LogP contribution in [-0.4, -0.2) is 22.4 Å². The minimum atomic E-state index is -0.128. The number of amides is 1. The first-order valence-electron chi connectivity index (χ1n) is 6.65. The van der Waals surface area contributed by atoms with Crippen molar-refractivity contribution in [2.45, 2.75) is 39.0 Å². The average molecular weight is 244 g/mol. The van der Waals surface area contributed by atoms with E-state index in [4.69, 9.17) is 0 Å². The van der Waals surface area contributed by atoms with E-state index in [1.54, 1.807) is 6.20 Å². The molecule has 0 N–H and O–H groups in total. The van der Waals surface area contributed by atoms with Crippen LogP contribution in [0.2, 0.25) is 0 Å². The van der Waals surface area contributed by atoms with Crippen molar-refractivity contribution in [1.29, 1.82) is 0 Å². The summed E-state index contributed by atoms with van der Waals surface area (Å²) in [6, 6.07) is 1.83. The highest BCUT2D eigenvalue weighted by Gasteiger charge is 2.47. The molecule has 1 atom stereocenters. The molecule has 1 aliphatic heterocycles. The summed E-state index contributed by atoms with van der Waals surface area (Å²) >= 11 is 0. The molecule has 1 amide bonds. The number of carbonyl (C=O) groups excluding carboxylic acids is 1. The lowest BCUT2D eigenvalue weighted by Crippen LogP contribution is -2.36. The van der Waals surface area contributed by atoms with Crippen LogP contribution in [0.4, 0.5) is 5.82 Å². The van der Waals surface area contributed by atoms with E-state index in [0.717, 1.165) is 50.3 Å². The number of rotatable bonds is 1. The van der Waals surface area contributed by atoms with Crippen molar-refractivity contribution in [1.82, 2.24) is 9.97 Å². The van der Waals surface area contributed by atoms with Crippen molar-refractivity contribution in [3.8, 4) is 0 Å². The summed E-state index contributed by atoms with van der Waals surface area (Å²) in [5.74, 6) is 1.74. The van der Waals surface area contributed by atoms with Crippen molar-refractivity contribution in [3.05, 3.63) is 24.5 Å². The van der Waals surface area contributed by atoms with E-state index in [1.807, 2.05) is 17.9 Å². The minimum Gasteiger partial charge on any atom is -0.296 e. The van der Waals surface area contributed by atoms with Gasteiger partial charge in [-0.1, -0.05) is 12.8 Å². The Morgan fingerprint density at radius 1 is 1.39 bits per heavy atom. The van der Waals surface area contributed by atoms with E-state index in [1.165, 1.54) is 0 Å². The maximum Gasteiger partial charge on any atom is 0.234 e. The molecule has 4 nitrogen and oxygen atoms in total. The summed E-state index contributed by atoms with van der Waals surface area (Å²) in [5, 5.41) is 0. The molecule has 1 radical (unpaired) electrons. The van der Waals surface area contributed by atoms with Crippen LogP contribution >= 0.6 is 0 Å². The summed E-state index contributed by atoms with van der Waals surface area (Å²) in [4.78, 5) is 22.9. The second-order valence-corrected chi connectivity index (χ2v) is 5.33. The maximum atomic E-state index is 12.6. The number of anilines is 1. The minimum absolute atomic E-state index is 0.128. The zero-order chi connectivity index (χ0) is 12.6. The lowest BCUT2D eigenvalue weighted by Gasteiger charge is -2.31. The Balaban J connectivity index is 1.86. The van der Waals surface area contributed by atoms with Gasteiger partial charge in [0.15, 0.2) is 0 Å². The lowest BCUT2D eigenvalue weighted by molar-refractivity contribution is -0.126. The van der Waals surface area contributed by atoms with Gasteiger partial charge in [0.05, 0.1) is 5.41 Å². The zero-order valence-electron chi connectivity index (χ0n) is 10.7. The van der Waals surface area contributed by atoms with Gasteiger partial charge in [-0.2, -0.15) is 0 Å². The quantitative estimate of drug-likeness (QED) is 0.761. The average Bonchev–Trinajstić information content (AvgIpc) is 2.68. The summed E-state index contributed by atoms with van der Waals surface area (Å²) in [6.45, 7) is 2.65. The Labute approximate surface area is 107 Å². The van der Waals surface area contributed by atoms with Gasteiger partial charge >= 0.3 is 0 Å². The van der Waals surface area contributed by atoms with Crippen molar-refractivity contribution in [2.24, 2.45) is 5.41 Å². The molecular formula is C14H18N3O. The highest BCUT2D eigenvalue weighted by molar-refractivity contribution is 5.99. The highest BCUT2D eigenvalue weighted by Crippen LogP contribution is 2.45. The molecule has 2 fully saturated rings. The van der Waals surface area contributed by atoms with Gasteiger partial charge in [0.25, 0.3) is 0 Å². The van der Waals surface area contributed by atoms with E-state index < -0.39 is 0 Å². The molecule has 0 bridgehead atoms. The molecule has 4 heteroatoms. The Bertz CT molecular complexity index is 466. The first-order chi connectivity index (χ1) is 8.71. The van der Waals surface area contributed by atoms with E-state index in [0.29, 0.717) is 0 Å². The fourth-order valence-corrected chi connectivity index (χ4v) is 3.12. The third-order valence-electron chi connectivity index (χ3n) is 4.15. The molecule has 1 saturated carbocycles. The fraction of sp³-hybridized carbons (Fsp3) is 0.571. The molecule has 1 aliphatic carbocycles. The molecule has 95 valence electrons.